The lowest BCUT2D eigenvalue weighted by atomic mass is 10.4. The summed E-state index contributed by atoms with van der Waals surface area (Å²) in [4.78, 5) is 18.9. The first-order valence-electron chi connectivity index (χ1n) is 3.52. The third-order valence-electron chi connectivity index (χ3n) is 1.39. The molecule has 3 nitrogen and oxygen atoms in total. The summed E-state index contributed by atoms with van der Waals surface area (Å²) in [5.41, 5.74) is 0. The quantitative estimate of drug-likeness (QED) is 0.644. The van der Waals surface area contributed by atoms with Crippen LogP contribution in [0.25, 0.3) is 0 Å². The maximum Gasteiger partial charge on any atom is 0.521 e. The van der Waals surface area contributed by atoms with Crippen LogP contribution in [-0.2, 0) is 4.12 Å². The van der Waals surface area contributed by atoms with Gasteiger partial charge in [-0.1, -0.05) is 30.3 Å². The predicted octanol–water partition coefficient (Wildman–Crippen LogP) is -0.499. The molecule has 0 unspecified atom stereocenters. The zero-order valence-corrected chi connectivity index (χ0v) is 8.69. The highest BCUT2D eigenvalue weighted by Gasteiger charge is 2.33. The monoisotopic (exact) mass is 198 g/mol. The van der Waals surface area contributed by atoms with E-state index in [0.29, 0.717) is 5.19 Å². The Bertz CT molecular complexity index is 238. The summed E-state index contributed by atoms with van der Waals surface area (Å²) in [7, 11) is -3.47. The first-order chi connectivity index (χ1) is 5.67. The van der Waals surface area contributed by atoms with Gasteiger partial charge in [-0.25, -0.2) is 0 Å². The van der Waals surface area contributed by atoms with Crippen LogP contribution in [0.1, 0.15) is 0 Å². The molecule has 2 N–H and O–H groups in total. The second kappa shape index (κ2) is 3.97. The Morgan fingerprint density at radius 3 is 2.33 bits per heavy atom. The van der Waals surface area contributed by atoms with Gasteiger partial charge in [-0.05, 0) is 6.55 Å². The number of hydrogen-bond donors (Lipinski definition) is 2. The summed E-state index contributed by atoms with van der Waals surface area (Å²) in [6.45, 7) is 1.76. The average Bonchev–Trinajstić information content (AvgIpc) is 2.06. The molecule has 0 amide bonds. The molecule has 0 aliphatic rings. The van der Waals surface area contributed by atoms with Crippen molar-refractivity contribution in [1.82, 2.24) is 0 Å². The van der Waals surface area contributed by atoms with E-state index < -0.39 is 8.80 Å². The third-order valence-corrected chi connectivity index (χ3v) is 4.43. The van der Waals surface area contributed by atoms with Crippen molar-refractivity contribution in [3.05, 3.63) is 30.3 Å². The third kappa shape index (κ3) is 2.26. The molecule has 2 radical (unpaired) electrons. The van der Waals surface area contributed by atoms with Crippen LogP contribution in [0, 0.1) is 0 Å². The van der Waals surface area contributed by atoms with E-state index in [2.05, 4.69) is 0 Å². The van der Waals surface area contributed by atoms with E-state index in [1.165, 1.54) is 0 Å². The zero-order chi connectivity index (χ0) is 9.03. The highest BCUT2D eigenvalue weighted by atomic mass is 28.4. The van der Waals surface area contributed by atoms with Crippen molar-refractivity contribution in [1.29, 1.82) is 0 Å². The second-order valence-corrected chi connectivity index (χ2v) is 5.30. The Hall–Kier alpha value is -0.466. The van der Waals surface area contributed by atoms with E-state index >= 15 is 0 Å². The largest absolute Gasteiger partial charge is 0.521 e. The Kier molecular flexibility index (Phi) is 3.18. The fourth-order valence-electron chi connectivity index (χ4n) is 0.857. The molecule has 0 atom stereocenters. The van der Waals surface area contributed by atoms with Crippen LogP contribution in [0.2, 0.25) is 6.55 Å². The van der Waals surface area contributed by atoms with Gasteiger partial charge < -0.3 is 13.7 Å². The minimum absolute atomic E-state index is 0.0964. The summed E-state index contributed by atoms with van der Waals surface area (Å²) in [6.07, 6.45) is 0. The molecule has 5 heteroatoms. The Balaban J connectivity index is 2.82. The van der Waals surface area contributed by atoms with E-state index in [-0.39, 0.29) is 9.76 Å². The first kappa shape index (κ1) is 9.62. The van der Waals surface area contributed by atoms with Gasteiger partial charge in [-0.15, -0.1) is 0 Å². The van der Waals surface area contributed by atoms with Crippen molar-refractivity contribution >= 4 is 23.8 Å². The van der Waals surface area contributed by atoms with Crippen LogP contribution in [0.3, 0.4) is 0 Å². The highest BCUT2D eigenvalue weighted by Crippen LogP contribution is 1.96. The minimum atomic E-state index is -3.57. The molecule has 0 aliphatic heterocycles. The van der Waals surface area contributed by atoms with Crippen molar-refractivity contribution < 1.29 is 13.7 Å². The fraction of sp³-hybridized carbons (Fsp3) is 0.143. The van der Waals surface area contributed by atoms with Crippen molar-refractivity contribution in [3.8, 4) is 0 Å². The SMILES string of the molecule is C[Si]O[Si](O)(O)c1ccccc1. The van der Waals surface area contributed by atoms with Crippen LogP contribution < -0.4 is 5.19 Å². The normalized spacial score (nSPS) is 11.6. The topological polar surface area (TPSA) is 49.7 Å². The smallest absolute Gasteiger partial charge is 0.412 e. The van der Waals surface area contributed by atoms with Gasteiger partial charge in [0.05, 0.1) is 0 Å². The van der Waals surface area contributed by atoms with Gasteiger partial charge >= 0.3 is 8.80 Å². The van der Waals surface area contributed by atoms with Gasteiger partial charge in [-0.3, -0.25) is 0 Å². The second-order valence-electron chi connectivity index (χ2n) is 2.28. The number of hydrogen-bond acceptors (Lipinski definition) is 3. The summed E-state index contributed by atoms with van der Waals surface area (Å²) >= 11 is 0. The standard InChI is InChI=1S/C7H10O3Si2/c1-11-10-12(8,9)7-5-3-2-4-6-7/h2-6,8-9H,1H3. The van der Waals surface area contributed by atoms with Gasteiger partial charge in [0.1, 0.15) is 0 Å². The molecular weight excluding hydrogens is 188 g/mol. The molecule has 0 saturated carbocycles. The maximum atomic E-state index is 9.46. The molecule has 64 valence electrons. The van der Waals surface area contributed by atoms with Crippen molar-refractivity contribution in [2.45, 2.75) is 6.55 Å². The molecule has 0 fully saturated rings. The molecule has 0 aliphatic carbocycles. The first-order valence-corrected chi connectivity index (χ1v) is 6.73. The van der Waals surface area contributed by atoms with Crippen LogP contribution in [0.4, 0.5) is 0 Å². The van der Waals surface area contributed by atoms with E-state index in [9.17, 15) is 9.59 Å². The van der Waals surface area contributed by atoms with Crippen molar-refractivity contribution in [2.24, 2.45) is 0 Å². The summed E-state index contributed by atoms with van der Waals surface area (Å²) in [5, 5.41) is 0.486. The molecular formula is C7H10O3Si2. The molecule has 0 bridgehead atoms. The predicted molar refractivity (Wildman–Crippen MR) is 49.0 cm³/mol. The van der Waals surface area contributed by atoms with E-state index in [4.69, 9.17) is 4.12 Å². The summed E-state index contributed by atoms with van der Waals surface area (Å²) in [6, 6.07) is 8.65. The molecule has 0 aromatic heterocycles. The van der Waals surface area contributed by atoms with E-state index in [1.54, 1.807) is 30.8 Å². The summed E-state index contributed by atoms with van der Waals surface area (Å²) in [5.74, 6) is 0. The molecule has 0 saturated heterocycles. The zero-order valence-electron chi connectivity index (χ0n) is 6.69. The van der Waals surface area contributed by atoms with Gasteiger partial charge in [0, 0.05) is 5.19 Å². The Labute approximate surface area is 74.9 Å². The van der Waals surface area contributed by atoms with E-state index in [1.807, 2.05) is 6.07 Å². The molecule has 1 aromatic carbocycles. The van der Waals surface area contributed by atoms with Gasteiger partial charge in [-0.2, -0.15) is 0 Å². The summed E-state index contributed by atoms with van der Waals surface area (Å²) < 4.78 is 4.89. The van der Waals surface area contributed by atoms with Crippen molar-refractivity contribution in [3.63, 3.8) is 0 Å². The molecule has 0 spiro atoms. The van der Waals surface area contributed by atoms with E-state index in [0.717, 1.165) is 0 Å². The van der Waals surface area contributed by atoms with Crippen LogP contribution in [-0.4, -0.2) is 28.2 Å². The molecule has 1 rings (SSSR count). The number of rotatable bonds is 3. The number of benzene rings is 1. The van der Waals surface area contributed by atoms with Crippen molar-refractivity contribution in [2.75, 3.05) is 0 Å². The van der Waals surface area contributed by atoms with Gasteiger partial charge in [0.15, 0.2) is 0 Å². The van der Waals surface area contributed by atoms with Crippen LogP contribution in [0.15, 0.2) is 30.3 Å². The maximum absolute atomic E-state index is 9.46. The Morgan fingerprint density at radius 1 is 1.25 bits per heavy atom. The molecule has 1 aromatic rings. The lowest BCUT2D eigenvalue weighted by Gasteiger charge is -2.16. The minimum Gasteiger partial charge on any atom is -0.412 e. The molecule has 0 heterocycles. The molecule has 12 heavy (non-hydrogen) atoms. The van der Waals surface area contributed by atoms with Crippen LogP contribution >= 0.6 is 0 Å². The Morgan fingerprint density at radius 2 is 1.83 bits per heavy atom. The highest BCUT2D eigenvalue weighted by molar-refractivity contribution is 6.76. The van der Waals surface area contributed by atoms with Gasteiger partial charge in [0.25, 0.3) is 0 Å². The lowest BCUT2D eigenvalue weighted by Crippen LogP contribution is -2.52. The van der Waals surface area contributed by atoms with Gasteiger partial charge in [0.2, 0.25) is 9.76 Å². The average molecular weight is 198 g/mol. The van der Waals surface area contributed by atoms with Crippen LogP contribution in [0.5, 0.6) is 0 Å². The fourth-order valence-corrected chi connectivity index (χ4v) is 3.09. The lowest BCUT2D eigenvalue weighted by molar-refractivity contribution is 0.267.